The molecule has 22 heavy (non-hydrogen) atoms. The molecule has 1 aromatic rings. The first-order chi connectivity index (χ1) is 10.5. The Hall–Kier alpha value is -1.66. The van der Waals surface area contributed by atoms with Crippen LogP contribution in [-0.4, -0.2) is 46.8 Å². The molecule has 1 saturated heterocycles. The first-order valence-corrected chi connectivity index (χ1v) is 7.75. The molecule has 0 radical (unpaired) electrons. The van der Waals surface area contributed by atoms with E-state index in [4.69, 9.17) is 4.74 Å². The largest absolute Gasteiger partial charge is 0.491 e. The maximum absolute atomic E-state index is 10.7. The number of hydrogen-bond donors (Lipinski definition) is 1. The second-order valence-electron chi connectivity index (χ2n) is 6.19. The van der Waals surface area contributed by atoms with Crippen LogP contribution in [0.15, 0.2) is 24.3 Å². The predicted octanol–water partition coefficient (Wildman–Crippen LogP) is 2.45. The van der Waals surface area contributed by atoms with Crippen molar-refractivity contribution in [2.45, 2.75) is 38.8 Å². The Morgan fingerprint density at radius 1 is 1.50 bits per heavy atom. The van der Waals surface area contributed by atoms with Crippen molar-refractivity contribution in [3.8, 4) is 5.75 Å². The van der Waals surface area contributed by atoms with E-state index in [1.54, 1.807) is 12.1 Å². The van der Waals surface area contributed by atoms with E-state index in [9.17, 15) is 15.2 Å². The Morgan fingerprint density at radius 3 is 2.95 bits per heavy atom. The van der Waals surface area contributed by atoms with Gasteiger partial charge in [-0.25, -0.2) is 0 Å². The number of nitro benzene ring substituents is 1. The number of nitrogens with zero attached hydrogens (tertiary/aromatic N) is 2. The minimum atomic E-state index is -0.602. The lowest BCUT2D eigenvalue weighted by Gasteiger charge is -2.37. The van der Waals surface area contributed by atoms with E-state index in [0.717, 1.165) is 25.3 Å². The summed E-state index contributed by atoms with van der Waals surface area (Å²) >= 11 is 0. The summed E-state index contributed by atoms with van der Waals surface area (Å²) in [6, 6.07) is 6.49. The maximum Gasteiger partial charge on any atom is 0.273 e. The number of benzene rings is 1. The normalized spacial score (nSPS) is 24.0. The number of nitro groups is 1. The second-order valence-corrected chi connectivity index (χ2v) is 6.19. The van der Waals surface area contributed by atoms with Crippen molar-refractivity contribution in [3.05, 3.63) is 34.4 Å². The van der Waals surface area contributed by atoms with Crippen LogP contribution >= 0.6 is 0 Å². The molecule has 0 aromatic heterocycles. The van der Waals surface area contributed by atoms with Crippen molar-refractivity contribution < 1.29 is 14.8 Å². The van der Waals surface area contributed by atoms with E-state index in [1.807, 2.05) is 0 Å². The van der Waals surface area contributed by atoms with Gasteiger partial charge in [0.15, 0.2) is 0 Å². The lowest BCUT2D eigenvalue weighted by Crippen LogP contribution is -2.45. The van der Waals surface area contributed by atoms with E-state index in [2.05, 4.69) is 18.7 Å². The summed E-state index contributed by atoms with van der Waals surface area (Å²) in [7, 11) is 0. The van der Waals surface area contributed by atoms with Gasteiger partial charge >= 0.3 is 0 Å². The molecule has 2 rings (SSSR count). The summed E-state index contributed by atoms with van der Waals surface area (Å²) in [6.45, 7) is 6.15. The van der Waals surface area contributed by atoms with Gasteiger partial charge in [-0.2, -0.15) is 0 Å². The molecule has 3 unspecified atom stereocenters. The van der Waals surface area contributed by atoms with Gasteiger partial charge < -0.3 is 9.84 Å². The molecule has 1 fully saturated rings. The third kappa shape index (κ3) is 4.68. The molecule has 1 N–H and O–H groups in total. The quantitative estimate of drug-likeness (QED) is 0.645. The number of aliphatic hydroxyl groups is 1. The predicted molar refractivity (Wildman–Crippen MR) is 84.0 cm³/mol. The zero-order chi connectivity index (χ0) is 16.1. The number of aliphatic hydroxyl groups excluding tert-OH is 1. The molecule has 3 atom stereocenters. The van der Waals surface area contributed by atoms with Gasteiger partial charge in [-0.05, 0) is 38.3 Å². The molecule has 1 heterocycles. The van der Waals surface area contributed by atoms with Crippen molar-refractivity contribution in [2.75, 3.05) is 19.7 Å². The van der Waals surface area contributed by atoms with Crippen LogP contribution in [0.2, 0.25) is 0 Å². The summed E-state index contributed by atoms with van der Waals surface area (Å²) < 4.78 is 5.48. The number of piperidine rings is 1. The standard InChI is InChI=1S/C16H24N2O4/c1-12-6-7-17(13(2)8-12)10-15(19)11-22-16-5-3-4-14(9-16)18(20)21/h3-5,9,12-13,15,19H,6-8,10-11H2,1-2H3. The van der Waals surface area contributed by atoms with Crippen molar-refractivity contribution in [1.82, 2.24) is 4.90 Å². The first kappa shape index (κ1) is 16.7. The summed E-state index contributed by atoms with van der Waals surface area (Å²) in [5, 5.41) is 20.8. The number of non-ortho nitro benzene ring substituents is 1. The van der Waals surface area contributed by atoms with Crippen molar-refractivity contribution in [1.29, 1.82) is 0 Å². The lowest BCUT2D eigenvalue weighted by molar-refractivity contribution is -0.384. The van der Waals surface area contributed by atoms with E-state index >= 15 is 0 Å². The number of ether oxygens (including phenoxy) is 1. The van der Waals surface area contributed by atoms with E-state index < -0.39 is 11.0 Å². The van der Waals surface area contributed by atoms with Crippen LogP contribution in [0.5, 0.6) is 5.75 Å². The molecule has 1 aliphatic heterocycles. The van der Waals surface area contributed by atoms with E-state index in [1.165, 1.54) is 12.1 Å². The summed E-state index contributed by atoms with van der Waals surface area (Å²) in [4.78, 5) is 12.5. The maximum atomic E-state index is 10.7. The minimum absolute atomic E-state index is 0.00868. The minimum Gasteiger partial charge on any atom is -0.491 e. The Bertz CT molecular complexity index is 509. The zero-order valence-electron chi connectivity index (χ0n) is 13.1. The summed E-state index contributed by atoms with van der Waals surface area (Å²) in [6.07, 6.45) is 1.71. The molecule has 0 amide bonds. The smallest absolute Gasteiger partial charge is 0.273 e. The highest BCUT2D eigenvalue weighted by Crippen LogP contribution is 2.22. The first-order valence-electron chi connectivity index (χ1n) is 7.75. The summed E-state index contributed by atoms with van der Waals surface area (Å²) in [5.74, 6) is 1.15. The van der Waals surface area contributed by atoms with Gasteiger partial charge in [-0.3, -0.25) is 15.0 Å². The van der Waals surface area contributed by atoms with Gasteiger partial charge in [0.25, 0.3) is 5.69 Å². The monoisotopic (exact) mass is 308 g/mol. The highest BCUT2D eigenvalue weighted by molar-refractivity contribution is 5.37. The number of rotatable bonds is 6. The Balaban J connectivity index is 1.81. The zero-order valence-corrected chi connectivity index (χ0v) is 13.1. The van der Waals surface area contributed by atoms with Gasteiger partial charge in [0.05, 0.1) is 11.0 Å². The Kier molecular flexibility index (Phi) is 5.74. The van der Waals surface area contributed by atoms with Crippen LogP contribution in [-0.2, 0) is 0 Å². The van der Waals surface area contributed by atoms with Gasteiger partial charge in [-0.15, -0.1) is 0 Å². The van der Waals surface area contributed by atoms with Gasteiger partial charge in [0.2, 0.25) is 0 Å². The summed E-state index contributed by atoms with van der Waals surface area (Å²) in [5.41, 5.74) is -0.00868. The van der Waals surface area contributed by atoms with Crippen LogP contribution in [0.4, 0.5) is 5.69 Å². The fourth-order valence-corrected chi connectivity index (χ4v) is 2.93. The fourth-order valence-electron chi connectivity index (χ4n) is 2.93. The fraction of sp³-hybridized carbons (Fsp3) is 0.625. The molecular weight excluding hydrogens is 284 g/mol. The third-order valence-electron chi connectivity index (χ3n) is 4.19. The molecule has 122 valence electrons. The Labute approximate surface area is 130 Å². The van der Waals surface area contributed by atoms with Gasteiger partial charge in [0.1, 0.15) is 18.5 Å². The van der Waals surface area contributed by atoms with Crippen LogP contribution in [0, 0.1) is 16.0 Å². The molecule has 6 nitrogen and oxygen atoms in total. The Morgan fingerprint density at radius 2 is 2.27 bits per heavy atom. The van der Waals surface area contributed by atoms with Crippen LogP contribution in [0.25, 0.3) is 0 Å². The van der Waals surface area contributed by atoms with Crippen molar-refractivity contribution in [2.24, 2.45) is 5.92 Å². The number of β-amino-alcohol motifs (C(OH)–C–C–N with tert-alkyl or cyclic N) is 1. The van der Waals surface area contributed by atoms with Gasteiger partial charge in [-0.1, -0.05) is 13.0 Å². The van der Waals surface area contributed by atoms with Crippen molar-refractivity contribution in [3.63, 3.8) is 0 Å². The SMILES string of the molecule is CC1CCN(CC(O)COc2cccc([N+](=O)[O-])c2)C(C)C1. The highest BCUT2D eigenvalue weighted by atomic mass is 16.6. The molecular formula is C16H24N2O4. The molecule has 0 saturated carbocycles. The second kappa shape index (κ2) is 7.56. The van der Waals surface area contributed by atoms with Crippen LogP contribution in [0.3, 0.4) is 0 Å². The molecule has 1 aromatic carbocycles. The highest BCUT2D eigenvalue weighted by Gasteiger charge is 2.24. The average molecular weight is 308 g/mol. The molecule has 1 aliphatic rings. The third-order valence-corrected chi connectivity index (χ3v) is 4.19. The number of hydrogen-bond acceptors (Lipinski definition) is 5. The topological polar surface area (TPSA) is 75.8 Å². The molecule has 0 bridgehead atoms. The molecule has 6 heteroatoms. The molecule has 0 spiro atoms. The van der Waals surface area contributed by atoms with E-state index in [0.29, 0.717) is 18.3 Å². The van der Waals surface area contributed by atoms with Crippen LogP contribution in [0.1, 0.15) is 26.7 Å². The van der Waals surface area contributed by atoms with Crippen LogP contribution < -0.4 is 4.74 Å². The van der Waals surface area contributed by atoms with E-state index in [-0.39, 0.29) is 12.3 Å². The average Bonchev–Trinajstić information content (AvgIpc) is 2.48. The van der Waals surface area contributed by atoms with Gasteiger partial charge in [0, 0.05) is 18.7 Å². The lowest BCUT2D eigenvalue weighted by atomic mass is 9.93. The number of likely N-dealkylation sites (tertiary alicyclic amines) is 1. The van der Waals surface area contributed by atoms with Crippen molar-refractivity contribution >= 4 is 5.69 Å². The molecule has 0 aliphatic carbocycles.